The van der Waals surface area contributed by atoms with Crippen LogP contribution in [0.15, 0.2) is 59.9 Å². The van der Waals surface area contributed by atoms with Crippen LogP contribution < -0.4 is 5.32 Å². The molecule has 23 heavy (non-hydrogen) atoms. The number of carboxylic acid groups (broad SMARTS) is 1. The molecule has 1 heterocycles. The zero-order valence-electron chi connectivity index (χ0n) is 12.5. The maximum atomic E-state index is 12.2. The second kappa shape index (κ2) is 6.44. The monoisotopic (exact) mass is 308 g/mol. The molecule has 1 aliphatic rings. The minimum atomic E-state index is -1.00. The predicted octanol–water partition coefficient (Wildman–Crippen LogP) is 3.25. The Morgan fingerprint density at radius 1 is 1.00 bits per heavy atom. The number of hydrogen-bond acceptors (Lipinski definition) is 3. The molecule has 1 aromatic heterocycles. The van der Waals surface area contributed by atoms with Crippen molar-refractivity contribution in [3.63, 3.8) is 0 Å². The number of amides is 1. The van der Waals surface area contributed by atoms with Crippen molar-refractivity contribution in [3.05, 3.63) is 59.9 Å². The molecule has 116 valence electrons. The van der Waals surface area contributed by atoms with Gasteiger partial charge in [-0.2, -0.15) is 0 Å². The molecule has 2 aromatic rings. The van der Waals surface area contributed by atoms with E-state index in [1.165, 1.54) is 0 Å². The molecule has 0 aliphatic heterocycles. The van der Waals surface area contributed by atoms with Gasteiger partial charge in [0, 0.05) is 29.2 Å². The lowest BCUT2D eigenvalue weighted by molar-refractivity contribution is -0.133. The van der Waals surface area contributed by atoms with E-state index in [1.54, 1.807) is 24.5 Å². The maximum Gasteiger partial charge on any atom is 0.332 e. The molecule has 0 bridgehead atoms. The van der Waals surface area contributed by atoms with Gasteiger partial charge in [-0.05, 0) is 48.6 Å². The Balaban J connectivity index is 1.75. The Morgan fingerprint density at radius 2 is 1.74 bits per heavy atom. The summed E-state index contributed by atoms with van der Waals surface area (Å²) in [5.41, 5.74) is 3.26. The van der Waals surface area contributed by atoms with Gasteiger partial charge in [-0.1, -0.05) is 18.2 Å². The van der Waals surface area contributed by atoms with Crippen LogP contribution in [0.4, 0.5) is 5.69 Å². The summed E-state index contributed by atoms with van der Waals surface area (Å²) in [5, 5.41) is 11.9. The lowest BCUT2D eigenvalue weighted by Gasteiger charge is -2.08. The Bertz CT molecular complexity index is 765. The van der Waals surface area contributed by atoms with Gasteiger partial charge in [0.25, 0.3) is 5.91 Å². The van der Waals surface area contributed by atoms with Gasteiger partial charge < -0.3 is 10.4 Å². The summed E-state index contributed by atoms with van der Waals surface area (Å²) < 4.78 is 0. The van der Waals surface area contributed by atoms with E-state index < -0.39 is 5.97 Å². The van der Waals surface area contributed by atoms with Gasteiger partial charge in [0.2, 0.25) is 0 Å². The first-order valence-corrected chi connectivity index (χ1v) is 7.42. The van der Waals surface area contributed by atoms with Crippen molar-refractivity contribution in [2.45, 2.75) is 19.3 Å². The van der Waals surface area contributed by atoms with E-state index in [4.69, 9.17) is 5.11 Å². The van der Waals surface area contributed by atoms with E-state index >= 15 is 0 Å². The Hall–Kier alpha value is -2.95. The van der Waals surface area contributed by atoms with Crippen LogP contribution in [0, 0.1) is 0 Å². The molecule has 1 aliphatic carbocycles. The fourth-order valence-electron chi connectivity index (χ4n) is 2.72. The number of anilines is 1. The quantitative estimate of drug-likeness (QED) is 0.908. The number of carbonyl (C=O) groups is 2. The van der Waals surface area contributed by atoms with Gasteiger partial charge in [0.15, 0.2) is 0 Å². The first-order valence-electron chi connectivity index (χ1n) is 7.42. The third-order valence-electron chi connectivity index (χ3n) is 3.89. The van der Waals surface area contributed by atoms with Crippen molar-refractivity contribution >= 4 is 17.6 Å². The smallest absolute Gasteiger partial charge is 0.332 e. The van der Waals surface area contributed by atoms with Gasteiger partial charge in [0.05, 0.1) is 0 Å². The number of carboxylic acids is 1. The van der Waals surface area contributed by atoms with Crippen molar-refractivity contribution < 1.29 is 14.7 Å². The summed E-state index contributed by atoms with van der Waals surface area (Å²) in [6.07, 6.45) is 5.17. The average molecular weight is 308 g/mol. The molecular weight excluding hydrogens is 292 g/mol. The van der Waals surface area contributed by atoms with E-state index in [0.29, 0.717) is 30.5 Å². The minimum absolute atomic E-state index is 0.231. The summed E-state index contributed by atoms with van der Waals surface area (Å²) in [6.45, 7) is 0. The number of rotatable bonds is 4. The van der Waals surface area contributed by atoms with Crippen molar-refractivity contribution in [2.24, 2.45) is 0 Å². The molecule has 0 fully saturated rings. The van der Waals surface area contributed by atoms with Gasteiger partial charge in [-0.15, -0.1) is 0 Å². The van der Waals surface area contributed by atoms with Crippen LogP contribution in [0.1, 0.15) is 19.3 Å². The first kappa shape index (κ1) is 15.0. The SMILES string of the molecule is O=C(O)C1=C(C(=O)Nc2ccc(-c3cccnc3)cc2)CCC1. The molecule has 5 heteroatoms. The molecule has 0 spiro atoms. The number of nitrogens with one attached hydrogen (secondary N) is 1. The van der Waals surface area contributed by atoms with Crippen LogP contribution in [0.5, 0.6) is 0 Å². The highest BCUT2D eigenvalue weighted by molar-refractivity contribution is 6.09. The predicted molar refractivity (Wildman–Crippen MR) is 86.8 cm³/mol. The average Bonchev–Trinajstić information content (AvgIpc) is 3.06. The first-order chi connectivity index (χ1) is 11.1. The third kappa shape index (κ3) is 3.29. The number of hydrogen-bond donors (Lipinski definition) is 2. The van der Waals surface area contributed by atoms with Crippen LogP contribution in [0.2, 0.25) is 0 Å². The fraction of sp³-hybridized carbons (Fsp3) is 0.167. The van der Waals surface area contributed by atoms with Gasteiger partial charge in [-0.3, -0.25) is 9.78 Å². The van der Waals surface area contributed by atoms with E-state index in [0.717, 1.165) is 11.1 Å². The maximum absolute atomic E-state index is 12.2. The third-order valence-corrected chi connectivity index (χ3v) is 3.89. The Morgan fingerprint density at radius 3 is 2.39 bits per heavy atom. The van der Waals surface area contributed by atoms with Crippen molar-refractivity contribution in [2.75, 3.05) is 5.32 Å². The summed E-state index contributed by atoms with van der Waals surface area (Å²) in [7, 11) is 0. The summed E-state index contributed by atoms with van der Waals surface area (Å²) in [6, 6.07) is 11.2. The van der Waals surface area contributed by atoms with E-state index in [2.05, 4.69) is 10.3 Å². The molecule has 0 saturated carbocycles. The molecule has 1 amide bonds. The largest absolute Gasteiger partial charge is 0.478 e. The van der Waals surface area contributed by atoms with Gasteiger partial charge in [0.1, 0.15) is 0 Å². The minimum Gasteiger partial charge on any atom is -0.478 e. The van der Waals surface area contributed by atoms with Crippen molar-refractivity contribution in [1.29, 1.82) is 0 Å². The second-order valence-electron chi connectivity index (χ2n) is 5.39. The van der Waals surface area contributed by atoms with E-state index in [9.17, 15) is 9.59 Å². The summed E-state index contributed by atoms with van der Waals surface area (Å²) in [4.78, 5) is 27.4. The Kier molecular flexibility index (Phi) is 4.19. The normalized spacial score (nSPS) is 13.9. The fourth-order valence-corrected chi connectivity index (χ4v) is 2.72. The van der Waals surface area contributed by atoms with Gasteiger partial charge in [-0.25, -0.2) is 4.79 Å². The van der Waals surface area contributed by atoms with Crippen LogP contribution in [0.3, 0.4) is 0 Å². The molecule has 3 rings (SSSR count). The lowest BCUT2D eigenvalue weighted by atomic mass is 10.1. The van der Waals surface area contributed by atoms with E-state index in [-0.39, 0.29) is 11.5 Å². The molecular formula is C18H16N2O3. The van der Waals surface area contributed by atoms with E-state index in [1.807, 2.05) is 24.3 Å². The lowest BCUT2D eigenvalue weighted by Crippen LogP contribution is -2.16. The molecule has 0 radical (unpaired) electrons. The van der Waals surface area contributed by atoms with Crippen LogP contribution in [-0.4, -0.2) is 22.0 Å². The molecule has 0 atom stereocenters. The topological polar surface area (TPSA) is 79.3 Å². The number of benzene rings is 1. The van der Waals surface area contributed by atoms with Crippen LogP contribution in [-0.2, 0) is 9.59 Å². The summed E-state index contributed by atoms with van der Waals surface area (Å²) >= 11 is 0. The van der Waals surface area contributed by atoms with Crippen molar-refractivity contribution in [3.8, 4) is 11.1 Å². The highest BCUT2D eigenvalue weighted by atomic mass is 16.4. The molecule has 0 saturated heterocycles. The zero-order valence-corrected chi connectivity index (χ0v) is 12.5. The van der Waals surface area contributed by atoms with Crippen LogP contribution in [0.25, 0.3) is 11.1 Å². The second-order valence-corrected chi connectivity index (χ2v) is 5.39. The number of carbonyl (C=O) groups excluding carboxylic acids is 1. The summed E-state index contributed by atoms with van der Waals surface area (Å²) in [5.74, 6) is -1.33. The highest BCUT2D eigenvalue weighted by Crippen LogP contribution is 2.27. The van der Waals surface area contributed by atoms with Crippen LogP contribution >= 0.6 is 0 Å². The number of aliphatic carboxylic acids is 1. The van der Waals surface area contributed by atoms with Gasteiger partial charge >= 0.3 is 5.97 Å². The Labute approximate surface area is 133 Å². The molecule has 0 unspecified atom stereocenters. The number of nitrogens with zero attached hydrogens (tertiary/aromatic N) is 1. The number of pyridine rings is 1. The standard InChI is InChI=1S/C18H16N2O3/c21-17(15-4-1-5-16(15)18(22)23)20-14-8-6-12(7-9-14)13-3-2-10-19-11-13/h2-3,6-11H,1,4-5H2,(H,20,21)(H,22,23). The highest BCUT2D eigenvalue weighted by Gasteiger charge is 2.25. The number of aromatic nitrogens is 1. The molecule has 1 aromatic carbocycles. The van der Waals surface area contributed by atoms with Crippen molar-refractivity contribution in [1.82, 2.24) is 4.98 Å². The molecule has 2 N–H and O–H groups in total. The molecule has 5 nitrogen and oxygen atoms in total. The zero-order chi connectivity index (χ0) is 16.2.